The molecule has 1 heterocycles. The number of rotatable bonds is 7. The second kappa shape index (κ2) is 9.70. The van der Waals surface area contributed by atoms with Crippen LogP contribution in [0.5, 0.6) is 5.75 Å². The van der Waals surface area contributed by atoms with Crippen molar-refractivity contribution in [2.45, 2.75) is 69.3 Å². The second-order valence-electron chi connectivity index (χ2n) is 10.3. The van der Waals surface area contributed by atoms with Gasteiger partial charge in [-0.25, -0.2) is 13.1 Å². The molecule has 0 unspecified atom stereocenters. The zero-order chi connectivity index (χ0) is 23.6. The van der Waals surface area contributed by atoms with Crippen LogP contribution < -0.4 is 9.46 Å². The Kier molecular flexibility index (Phi) is 6.67. The predicted molar refractivity (Wildman–Crippen MR) is 132 cm³/mol. The molecule has 34 heavy (non-hydrogen) atoms. The van der Waals surface area contributed by atoms with Gasteiger partial charge >= 0.3 is 0 Å². The van der Waals surface area contributed by atoms with Crippen molar-refractivity contribution in [2.75, 3.05) is 13.1 Å². The number of benzene rings is 2. The summed E-state index contributed by atoms with van der Waals surface area (Å²) in [6.45, 7) is 3.38. The Morgan fingerprint density at radius 2 is 1.56 bits per heavy atom. The minimum atomic E-state index is -3.53. The predicted octanol–water partition coefficient (Wildman–Crippen LogP) is 4.51. The van der Waals surface area contributed by atoms with E-state index in [2.05, 4.69) is 40.0 Å². The van der Waals surface area contributed by atoms with E-state index < -0.39 is 21.2 Å². The van der Waals surface area contributed by atoms with E-state index in [1.165, 1.54) is 44.3 Å². The standard InChI is InChI=1S/C27H34N2O4S/c30-26(28-34(31,32)25-10-11-25)22-6-8-23(9-7-22)33-24-12-14-27(15-13-24)16-18-29(19-17-27)20-21-4-2-1-3-5-21/h1-9,24-25H,10-20H2,(H,28,30). The third kappa shape index (κ3) is 5.63. The fourth-order valence-corrected chi connectivity index (χ4v) is 6.68. The Balaban J connectivity index is 1.07. The molecule has 2 aliphatic carbocycles. The molecule has 2 aromatic carbocycles. The van der Waals surface area contributed by atoms with Gasteiger partial charge in [0.1, 0.15) is 5.75 Å². The number of carbonyl (C=O) groups excluding carboxylic acids is 1. The summed E-state index contributed by atoms with van der Waals surface area (Å²) in [5.74, 6) is 0.164. The van der Waals surface area contributed by atoms with E-state index in [1.807, 2.05) is 0 Å². The lowest BCUT2D eigenvalue weighted by Crippen LogP contribution is -2.42. The fraction of sp³-hybridized carbons (Fsp3) is 0.519. The van der Waals surface area contributed by atoms with Crippen molar-refractivity contribution < 1.29 is 17.9 Å². The zero-order valence-corrected chi connectivity index (χ0v) is 20.4. The molecule has 0 aromatic heterocycles. The van der Waals surface area contributed by atoms with Crippen LogP contribution in [0.4, 0.5) is 0 Å². The second-order valence-corrected chi connectivity index (χ2v) is 12.2. The number of nitrogens with zero attached hydrogens (tertiary/aromatic N) is 1. The van der Waals surface area contributed by atoms with Crippen LogP contribution in [-0.2, 0) is 16.6 Å². The molecule has 1 N–H and O–H groups in total. The lowest BCUT2D eigenvalue weighted by molar-refractivity contribution is 0.0241. The van der Waals surface area contributed by atoms with Gasteiger partial charge in [-0.15, -0.1) is 0 Å². The summed E-state index contributed by atoms with van der Waals surface area (Å²) in [6.07, 6.45) is 8.50. The molecule has 1 spiro atoms. The number of carbonyl (C=O) groups is 1. The van der Waals surface area contributed by atoms with Crippen LogP contribution in [-0.4, -0.2) is 43.7 Å². The van der Waals surface area contributed by atoms with Crippen LogP contribution in [0.25, 0.3) is 0 Å². The van der Waals surface area contributed by atoms with Gasteiger partial charge in [-0.05, 0) is 99.7 Å². The van der Waals surface area contributed by atoms with Gasteiger partial charge in [0.2, 0.25) is 10.0 Å². The average molecular weight is 483 g/mol. The summed E-state index contributed by atoms with van der Waals surface area (Å²) >= 11 is 0. The normalized spacial score (nSPS) is 21.3. The van der Waals surface area contributed by atoms with Crippen molar-refractivity contribution in [1.82, 2.24) is 9.62 Å². The van der Waals surface area contributed by atoms with Gasteiger partial charge in [-0.3, -0.25) is 9.69 Å². The van der Waals surface area contributed by atoms with Gasteiger partial charge in [0.15, 0.2) is 0 Å². The van der Waals surface area contributed by atoms with Gasteiger partial charge in [-0.2, -0.15) is 0 Å². The molecule has 5 rings (SSSR count). The summed E-state index contributed by atoms with van der Waals surface area (Å²) in [7, 11) is -3.53. The zero-order valence-electron chi connectivity index (χ0n) is 19.6. The molecule has 3 aliphatic rings. The number of hydrogen-bond donors (Lipinski definition) is 1. The van der Waals surface area contributed by atoms with Crippen LogP contribution in [0.3, 0.4) is 0 Å². The van der Waals surface area contributed by atoms with Gasteiger partial charge in [0.25, 0.3) is 5.91 Å². The van der Waals surface area contributed by atoms with Gasteiger partial charge in [0, 0.05) is 12.1 Å². The highest BCUT2D eigenvalue weighted by atomic mass is 32.2. The highest BCUT2D eigenvalue weighted by Crippen LogP contribution is 2.45. The number of ether oxygens (including phenoxy) is 1. The number of nitrogens with one attached hydrogen (secondary N) is 1. The number of likely N-dealkylation sites (tertiary alicyclic amines) is 1. The van der Waals surface area contributed by atoms with Crippen molar-refractivity contribution in [3.63, 3.8) is 0 Å². The number of amides is 1. The molecule has 6 nitrogen and oxygen atoms in total. The van der Waals surface area contributed by atoms with Crippen LogP contribution in [0.2, 0.25) is 0 Å². The first-order valence-electron chi connectivity index (χ1n) is 12.5. The molecule has 0 bridgehead atoms. The maximum Gasteiger partial charge on any atom is 0.264 e. The summed E-state index contributed by atoms with van der Waals surface area (Å²) < 4.78 is 32.3. The van der Waals surface area contributed by atoms with E-state index in [-0.39, 0.29) is 6.10 Å². The molecule has 1 aliphatic heterocycles. The van der Waals surface area contributed by atoms with Crippen molar-refractivity contribution in [1.29, 1.82) is 0 Å². The van der Waals surface area contributed by atoms with Gasteiger partial charge < -0.3 is 4.74 Å². The summed E-state index contributed by atoms with van der Waals surface area (Å²) in [5.41, 5.74) is 2.19. The average Bonchev–Trinajstić information content (AvgIpc) is 3.70. The topological polar surface area (TPSA) is 75.7 Å². The lowest BCUT2D eigenvalue weighted by Gasteiger charge is -2.46. The smallest absolute Gasteiger partial charge is 0.264 e. The molecule has 0 atom stereocenters. The minimum absolute atomic E-state index is 0.197. The van der Waals surface area contributed by atoms with Crippen molar-refractivity contribution >= 4 is 15.9 Å². The van der Waals surface area contributed by atoms with Crippen LogP contribution in [0.15, 0.2) is 54.6 Å². The first kappa shape index (κ1) is 23.4. The molecule has 1 amide bonds. The van der Waals surface area contributed by atoms with E-state index in [1.54, 1.807) is 24.3 Å². The van der Waals surface area contributed by atoms with E-state index in [0.29, 0.717) is 23.8 Å². The third-order valence-electron chi connectivity index (χ3n) is 7.78. The Hall–Kier alpha value is -2.38. The maximum atomic E-state index is 12.3. The lowest BCUT2D eigenvalue weighted by atomic mass is 9.67. The summed E-state index contributed by atoms with van der Waals surface area (Å²) in [5, 5.41) is -0.412. The van der Waals surface area contributed by atoms with Crippen molar-refractivity contribution in [3.05, 3.63) is 65.7 Å². The minimum Gasteiger partial charge on any atom is -0.490 e. The molecule has 1 saturated heterocycles. The van der Waals surface area contributed by atoms with E-state index in [0.717, 1.165) is 25.1 Å². The molecular formula is C27H34N2O4S. The number of hydrogen-bond acceptors (Lipinski definition) is 5. The highest BCUT2D eigenvalue weighted by Gasteiger charge is 2.39. The molecule has 182 valence electrons. The van der Waals surface area contributed by atoms with E-state index in [4.69, 9.17) is 4.74 Å². The van der Waals surface area contributed by atoms with E-state index >= 15 is 0 Å². The van der Waals surface area contributed by atoms with Crippen molar-refractivity contribution in [2.24, 2.45) is 5.41 Å². The molecule has 3 fully saturated rings. The van der Waals surface area contributed by atoms with Crippen molar-refractivity contribution in [3.8, 4) is 5.75 Å². The summed E-state index contributed by atoms with van der Waals surface area (Å²) in [4.78, 5) is 14.8. The Labute approximate surface area is 202 Å². The Morgan fingerprint density at radius 1 is 0.912 bits per heavy atom. The molecule has 2 aromatic rings. The van der Waals surface area contributed by atoms with Gasteiger partial charge in [-0.1, -0.05) is 30.3 Å². The molecular weight excluding hydrogens is 448 g/mol. The first-order chi connectivity index (χ1) is 16.4. The third-order valence-corrected chi connectivity index (χ3v) is 9.60. The van der Waals surface area contributed by atoms with Crippen LogP contribution in [0.1, 0.15) is 67.3 Å². The van der Waals surface area contributed by atoms with Crippen LogP contribution in [0, 0.1) is 5.41 Å². The Bertz CT molecular complexity index is 1080. The molecule has 7 heteroatoms. The SMILES string of the molecule is O=C(NS(=O)(=O)C1CC1)c1ccc(OC2CCC3(CC2)CCN(Cc2ccccc2)CC3)cc1. The monoisotopic (exact) mass is 482 g/mol. The number of sulfonamides is 1. The highest BCUT2D eigenvalue weighted by molar-refractivity contribution is 7.91. The quantitative estimate of drug-likeness (QED) is 0.628. The fourth-order valence-electron chi connectivity index (χ4n) is 5.38. The maximum absolute atomic E-state index is 12.3. The van der Waals surface area contributed by atoms with Gasteiger partial charge in [0.05, 0.1) is 11.4 Å². The number of piperidine rings is 1. The first-order valence-corrected chi connectivity index (χ1v) is 14.0. The Morgan fingerprint density at radius 3 is 2.18 bits per heavy atom. The largest absolute Gasteiger partial charge is 0.490 e. The van der Waals surface area contributed by atoms with E-state index in [9.17, 15) is 13.2 Å². The molecule has 0 radical (unpaired) electrons. The van der Waals surface area contributed by atoms with Crippen LogP contribution >= 0.6 is 0 Å². The molecule has 2 saturated carbocycles. The summed E-state index contributed by atoms with van der Waals surface area (Å²) in [6, 6.07) is 17.5.